The van der Waals surface area contributed by atoms with Crippen LogP contribution in [0.2, 0.25) is 0 Å². The fourth-order valence-corrected chi connectivity index (χ4v) is 3.16. The van der Waals surface area contributed by atoms with Crippen LogP contribution in [0, 0.1) is 12.7 Å². The van der Waals surface area contributed by atoms with Crippen molar-refractivity contribution < 1.29 is 17.5 Å². The lowest BCUT2D eigenvalue weighted by atomic mass is 10.2. The molecule has 0 radical (unpaired) electrons. The summed E-state index contributed by atoms with van der Waals surface area (Å²) >= 11 is 0. The van der Waals surface area contributed by atoms with E-state index in [1.807, 2.05) is 0 Å². The standard InChI is InChI=1S/C15H16FNO3S/c1-11-9-13(16)5-8-15(11)21(18,19)17-10-12-3-6-14(20-2)7-4-12/h3-9,17H,10H2,1-2H3. The van der Waals surface area contributed by atoms with Gasteiger partial charge in [-0.25, -0.2) is 17.5 Å². The Kier molecular flexibility index (Phi) is 4.59. The second-order valence-electron chi connectivity index (χ2n) is 4.58. The summed E-state index contributed by atoms with van der Waals surface area (Å²) in [5.41, 5.74) is 1.18. The highest BCUT2D eigenvalue weighted by molar-refractivity contribution is 7.89. The van der Waals surface area contributed by atoms with Gasteiger partial charge in [0.1, 0.15) is 11.6 Å². The Hall–Kier alpha value is -1.92. The zero-order chi connectivity index (χ0) is 15.5. The van der Waals surface area contributed by atoms with E-state index < -0.39 is 15.8 Å². The molecule has 0 aromatic heterocycles. The van der Waals surface area contributed by atoms with Gasteiger partial charge in [0.25, 0.3) is 0 Å². The fourth-order valence-electron chi connectivity index (χ4n) is 1.91. The smallest absolute Gasteiger partial charge is 0.241 e. The van der Waals surface area contributed by atoms with E-state index in [0.717, 1.165) is 11.6 Å². The van der Waals surface area contributed by atoms with Crippen LogP contribution in [0.25, 0.3) is 0 Å². The Morgan fingerprint density at radius 1 is 1.14 bits per heavy atom. The molecule has 0 aliphatic rings. The van der Waals surface area contributed by atoms with Gasteiger partial charge in [-0.3, -0.25) is 0 Å². The molecule has 0 bridgehead atoms. The summed E-state index contributed by atoms with van der Waals surface area (Å²) in [4.78, 5) is 0.0809. The van der Waals surface area contributed by atoms with Gasteiger partial charge < -0.3 is 4.74 Å². The molecule has 0 atom stereocenters. The lowest BCUT2D eigenvalue weighted by Crippen LogP contribution is -2.24. The van der Waals surface area contributed by atoms with E-state index in [9.17, 15) is 12.8 Å². The Labute approximate surface area is 123 Å². The lowest BCUT2D eigenvalue weighted by Gasteiger charge is -2.10. The van der Waals surface area contributed by atoms with Crippen LogP contribution in [0.3, 0.4) is 0 Å². The molecule has 6 heteroatoms. The van der Waals surface area contributed by atoms with Crippen molar-refractivity contribution in [2.75, 3.05) is 7.11 Å². The molecule has 4 nitrogen and oxygen atoms in total. The third-order valence-corrected chi connectivity index (χ3v) is 4.61. The second-order valence-corrected chi connectivity index (χ2v) is 6.32. The summed E-state index contributed by atoms with van der Waals surface area (Å²) in [6.07, 6.45) is 0. The Bertz CT molecular complexity index is 727. The van der Waals surface area contributed by atoms with Gasteiger partial charge in [-0.1, -0.05) is 12.1 Å². The number of hydrogen-bond acceptors (Lipinski definition) is 3. The van der Waals surface area contributed by atoms with Crippen LogP contribution in [-0.2, 0) is 16.6 Å². The number of rotatable bonds is 5. The van der Waals surface area contributed by atoms with Gasteiger partial charge in [-0.15, -0.1) is 0 Å². The number of hydrogen-bond donors (Lipinski definition) is 1. The Morgan fingerprint density at radius 2 is 1.81 bits per heavy atom. The van der Waals surface area contributed by atoms with Crippen molar-refractivity contribution in [3.8, 4) is 5.75 Å². The van der Waals surface area contributed by atoms with E-state index in [0.29, 0.717) is 11.3 Å². The van der Waals surface area contributed by atoms with Crippen molar-refractivity contribution in [3.63, 3.8) is 0 Å². The Balaban J connectivity index is 2.13. The highest BCUT2D eigenvalue weighted by Crippen LogP contribution is 2.17. The largest absolute Gasteiger partial charge is 0.497 e. The molecule has 2 aromatic carbocycles. The van der Waals surface area contributed by atoms with Crippen molar-refractivity contribution in [2.24, 2.45) is 0 Å². The normalized spacial score (nSPS) is 11.4. The van der Waals surface area contributed by atoms with Crippen molar-refractivity contribution in [1.82, 2.24) is 4.72 Å². The molecule has 0 aliphatic heterocycles. The van der Waals surface area contributed by atoms with Crippen molar-refractivity contribution in [3.05, 3.63) is 59.4 Å². The van der Waals surface area contributed by atoms with E-state index >= 15 is 0 Å². The Morgan fingerprint density at radius 3 is 2.38 bits per heavy atom. The van der Waals surface area contributed by atoms with Gasteiger partial charge in [0.05, 0.1) is 12.0 Å². The summed E-state index contributed by atoms with van der Waals surface area (Å²) in [5, 5.41) is 0. The maximum absolute atomic E-state index is 13.0. The molecular formula is C15H16FNO3S. The fraction of sp³-hybridized carbons (Fsp3) is 0.200. The molecule has 0 unspecified atom stereocenters. The molecule has 0 amide bonds. The summed E-state index contributed by atoms with van der Waals surface area (Å²) < 4.78 is 45.0. The molecule has 0 heterocycles. The molecule has 0 spiro atoms. The number of benzene rings is 2. The van der Waals surface area contributed by atoms with E-state index in [-0.39, 0.29) is 11.4 Å². The third kappa shape index (κ3) is 3.80. The molecule has 0 saturated carbocycles. The maximum atomic E-state index is 13.0. The summed E-state index contributed by atoms with van der Waals surface area (Å²) in [7, 11) is -2.10. The monoisotopic (exact) mass is 309 g/mol. The molecule has 2 aromatic rings. The van der Waals surface area contributed by atoms with Gasteiger partial charge >= 0.3 is 0 Å². The number of ether oxygens (including phenoxy) is 1. The zero-order valence-corrected chi connectivity index (χ0v) is 12.6. The van der Waals surface area contributed by atoms with Crippen LogP contribution in [-0.4, -0.2) is 15.5 Å². The summed E-state index contributed by atoms with van der Waals surface area (Å²) in [6.45, 7) is 1.72. The molecule has 0 saturated heterocycles. The van der Waals surface area contributed by atoms with Crippen LogP contribution in [0.5, 0.6) is 5.75 Å². The highest BCUT2D eigenvalue weighted by atomic mass is 32.2. The molecule has 2 rings (SSSR count). The number of methoxy groups -OCH3 is 1. The van der Waals surface area contributed by atoms with Crippen molar-refractivity contribution in [1.29, 1.82) is 0 Å². The van der Waals surface area contributed by atoms with Crippen LogP contribution >= 0.6 is 0 Å². The minimum Gasteiger partial charge on any atom is -0.497 e. The number of aryl methyl sites for hydroxylation is 1. The van der Waals surface area contributed by atoms with E-state index in [4.69, 9.17) is 4.74 Å². The van der Waals surface area contributed by atoms with Gasteiger partial charge in [0.15, 0.2) is 0 Å². The minimum absolute atomic E-state index is 0.0809. The zero-order valence-electron chi connectivity index (χ0n) is 11.8. The highest BCUT2D eigenvalue weighted by Gasteiger charge is 2.16. The number of nitrogens with one attached hydrogen (secondary N) is 1. The molecule has 0 fully saturated rings. The second kappa shape index (κ2) is 6.24. The first-order valence-electron chi connectivity index (χ1n) is 6.31. The first-order chi connectivity index (χ1) is 9.92. The number of sulfonamides is 1. The molecule has 0 aliphatic carbocycles. The average Bonchev–Trinajstić information content (AvgIpc) is 2.45. The summed E-state index contributed by atoms with van der Waals surface area (Å²) in [5.74, 6) is 0.248. The van der Waals surface area contributed by atoms with E-state index in [2.05, 4.69) is 4.72 Å². The predicted molar refractivity (Wildman–Crippen MR) is 78.2 cm³/mol. The van der Waals surface area contributed by atoms with Crippen LogP contribution in [0.1, 0.15) is 11.1 Å². The van der Waals surface area contributed by atoms with E-state index in [1.165, 1.54) is 12.1 Å². The molecular weight excluding hydrogens is 293 g/mol. The van der Waals surface area contributed by atoms with Crippen LogP contribution in [0.4, 0.5) is 4.39 Å². The van der Waals surface area contributed by atoms with Crippen LogP contribution < -0.4 is 9.46 Å². The first-order valence-corrected chi connectivity index (χ1v) is 7.79. The van der Waals surface area contributed by atoms with Gasteiger partial charge in [0, 0.05) is 6.54 Å². The molecule has 21 heavy (non-hydrogen) atoms. The number of halogens is 1. The molecule has 112 valence electrons. The van der Waals surface area contributed by atoms with Gasteiger partial charge in [-0.2, -0.15) is 0 Å². The SMILES string of the molecule is COc1ccc(CNS(=O)(=O)c2ccc(F)cc2C)cc1. The minimum atomic E-state index is -3.67. The van der Waals surface area contributed by atoms with E-state index in [1.54, 1.807) is 38.3 Å². The van der Waals surface area contributed by atoms with Gasteiger partial charge in [0.2, 0.25) is 10.0 Å². The molecule has 1 N–H and O–H groups in total. The quantitative estimate of drug-likeness (QED) is 0.923. The summed E-state index contributed by atoms with van der Waals surface area (Å²) in [6, 6.07) is 10.7. The third-order valence-electron chi connectivity index (χ3n) is 3.05. The van der Waals surface area contributed by atoms with Gasteiger partial charge in [-0.05, 0) is 48.4 Å². The topological polar surface area (TPSA) is 55.4 Å². The maximum Gasteiger partial charge on any atom is 0.241 e. The van der Waals surface area contributed by atoms with Crippen molar-refractivity contribution in [2.45, 2.75) is 18.4 Å². The van der Waals surface area contributed by atoms with Crippen molar-refractivity contribution >= 4 is 10.0 Å². The van der Waals surface area contributed by atoms with Crippen LogP contribution in [0.15, 0.2) is 47.4 Å². The average molecular weight is 309 g/mol. The predicted octanol–water partition coefficient (Wildman–Crippen LogP) is 2.62. The first kappa shape index (κ1) is 15.5. The lowest BCUT2D eigenvalue weighted by molar-refractivity contribution is 0.414.